The molecule has 1 aliphatic rings. The summed E-state index contributed by atoms with van der Waals surface area (Å²) in [4.78, 5) is 29.2. The molecule has 0 atom stereocenters. The summed E-state index contributed by atoms with van der Waals surface area (Å²) in [6.45, 7) is 3.61. The smallest absolute Gasteiger partial charge is 0.287 e. The number of carbonyl (C=O) groups is 2. The van der Waals surface area contributed by atoms with Crippen LogP contribution in [-0.2, 0) is 19.5 Å². The molecule has 0 bridgehead atoms. The van der Waals surface area contributed by atoms with Crippen LogP contribution in [0.2, 0.25) is 0 Å². The van der Waals surface area contributed by atoms with E-state index in [1.165, 1.54) is 0 Å². The normalized spacial score (nSPS) is 13.4. The lowest BCUT2D eigenvalue weighted by atomic mass is 10.1. The van der Waals surface area contributed by atoms with E-state index in [9.17, 15) is 9.59 Å². The van der Waals surface area contributed by atoms with Crippen molar-refractivity contribution in [3.63, 3.8) is 0 Å². The summed E-state index contributed by atoms with van der Waals surface area (Å²) in [7, 11) is 0. The van der Waals surface area contributed by atoms with Crippen molar-refractivity contribution in [2.45, 2.75) is 45.7 Å². The van der Waals surface area contributed by atoms with Gasteiger partial charge < -0.3 is 19.6 Å². The van der Waals surface area contributed by atoms with E-state index in [1.807, 2.05) is 11.5 Å². The minimum absolute atomic E-state index is 0.201. The largest absolute Gasteiger partial charge is 0.467 e. The highest BCUT2D eigenvalue weighted by Crippen LogP contribution is 2.21. The number of hydrogen-bond donors (Lipinski definition) is 2. The van der Waals surface area contributed by atoms with Gasteiger partial charge in [-0.25, -0.2) is 4.98 Å². The Morgan fingerprint density at radius 2 is 2.17 bits per heavy atom. The molecular formula is C17H22N4O3. The predicted octanol–water partition coefficient (Wildman–Crippen LogP) is 1.88. The summed E-state index contributed by atoms with van der Waals surface area (Å²) in [5.41, 5.74) is 1.24. The van der Waals surface area contributed by atoms with Crippen molar-refractivity contribution in [1.82, 2.24) is 20.2 Å². The zero-order valence-corrected chi connectivity index (χ0v) is 13.8. The minimum atomic E-state index is -0.288. The number of rotatable bonds is 6. The quantitative estimate of drug-likeness (QED) is 0.846. The standard InChI is InChI=1S/C17H22N4O3/c1-2-8-18-16(22)14-13-7-3-4-9-21(13)15(20-14)17(23)19-11-12-6-5-10-24-12/h5-6,10H,2-4,7-9,11H2,1H3,(H,18,22)(H,19,23). The maximum atomic E-state index is 12.5. The fraction of sp³-hybridized carbons (Fsp3) is 0.471. The van der Waals surface area contributed by atoms with Crippen LogP contribution in [0.1, 0.15) is 58.7 Å². The number of furan rings is 1. The molecule has 1 aliphatic heterocycles. The molecule has 128 valence electrons. The summed E-state index contributed by atoms with van der Waals surface area (Å²) in [6.07, 6.45) is 5.19. The summed E-state index contributed by atoms with van der Waals surface area (Å²) >= 11 is 0. The Morgan fingerprint density at radius 1 is 1.29 bits per heavy atom. The third-order valence-corrected chi connectivity index (χ3v) is 4.07. The molecule has 3 rings (SSSR count). The Bertz CT molecular complexity index is 719. The Hall–Kier alpha value is -2.57. The molecule has 2 aromatic heterocycles. The van der Waals surface area contributed by atoms with Crippen molar-refractivity contribution < 1.29 is 14.0 Å². The van der Waals surface area contributed by atoms with Crippen LogP contribution >= 0.6 is 0 Å². The molecule has 0 aromatic carbocycles. The van der Waals surface area contributed by atoms with Gasteiger partial charge in [0.15, 0.2) is 5.82 Å². The summed E-state index contributed by atoms with van der Waals surface area (Å²) in [5, 5.41) is 5.64. The first-order chi connectivity index (χ1) is 11.7. The molecule has 0 saturated heterocycles. The zero-order chi connectivity index (χ0) is 16.9. The predicted molar refractivity (Wildman–Crippen MR) is 87.7 cm³/mol. The summed E-state index contributed by atoms with van der Waals surface area (Å²) in [6, 6.07) is 3.57. The van der Waals surface area contributed by atoms with Gasteiger partial charge in [0.2, 0.25) is 0 Å². The fourth-order valence-electron chi connectivity index (χ4n) is 2.88. The van der Waals surface area contributed by atoms with Crippen molar-refractivity contribution in [1.29, 1.82) is 0 Å². The van der Waals surface area contributed by atoms with E-state index in [4.69, 9.17) is 4.42 Å². The number of fused-ring (bicyclic) bond motifs is 1. The van der Waals surface area contributed by atoms with Crippen LogP contribution in [0.15, 0.2) is 22.8 Å². The molecule has 2 aromatic rings. The lowest BCUT2D eigenvalue weighted by Crippen LogP contribution is -2.27. The van der Waals surface area contributed by atoms with Crippen LogP contribution in [0.3, 0.4) is 0 Å². The molecule has 0 unspecified atom stereocenters. The van der Waals surface area contributed by atoms with Crippen molar-refractivity contribution in [2.75, 3.05) is 6.54 Å². The molecule has 0 spiro atoms. The van der Waals surface area contributed by atoms with Gasteiger partial charge in [0, 0.05) is 13.1 Å². The van der Waals surface area contributed by atoms with Crippen molar-refractivity contribution in [3.8, 4) is 0 Å². The van der Waals surface area contributed by atoms with Crippen LogP contribution in [0.25, 0.3) is 0 Å². The molecule has 0 saturated carbocycles. The molecule has 2 N–H and O–H groups in total. The van der Waals surface area contributed by atoms with Gasteiger partial charge in [-0.1, -0.05) is 6.92 Å². The van der Waals surface area contributed by atoms with Gasteiger partial charge in [-0.15, -0.1) is 0 Å². The number of amides is 2. The fourth-order valence-corrected chi connectivity index (χ4v) is 2.88. The second-order valence-corrected chi connectivity index (χ2v) is 5.86. The number of nitrogens with one attached hydrogen (secondary N) is 2. The minimum Gasteiger partial charge on any atom is -0.467 e. The van der Waals surface area contributed by atoms with E-state index in [0.717, 1.165) is 31.4 Å². The Balaban J connectivity index is 1.80. The average Bonchev–Trinajstić information content (AvgIpc) is 3.25. The van der Waals surface area contributed by atoms with Crippen LogP contribution < -0.4 is 10.6 Å². The van der Waals surface area contributed by atoms with Crippen LogP contribution in [0, 0.1) is 0 Å². The van der Waals surface area contributed by atoms with Crippen LogP contribution in [0.5, 0.6) is 0 Å². The molecular weight excluding hydrogens is 308 g/mol. The summed E-state index contributed by atoms with van der Waals surface area (Å²) in [5.74, 6) is 0.490. The number of imidazole rings is 1. The first-order valence-corrected chi connectivity index (χ1v) is 8.39. The van der Waals surface area contributed by atoms with Crippen molar-refractivity contribution in [3.05, 3.63) is 41.4 Å². The molecule has 3 heterocycles. The molecule has 7 nitrogen and oxygen atoms in total. The Morgan fingerprint density at radius 3 is 2.92 bits per heavy atom. The van der Waals surface area contributed by atoms with E-state index in [0.29, 0.717) is 36.9 Å². The van der Waals surface area contributed by atoms with E-state index in [2.05, 4.69) is 15.6 Å². The first kappa shape index (κ1) is 16.3. The highest BCUT2D eigenvalue weighted by molar-refractivity contribution is 5.97. The molecule has 0 aliphatic carbocycles. The number of aromatic nitrogens is 2. The van der Waals surface area contributed by atoms with Crippen LogP contribution in [0.4, 0.5) is 0 Å². The monoisotopic (exact) mass is 330 g/mol. The van der Waals surface area contributed by atoms with E-state index in [1.54, 1.807) is 18.4 Å². The average molecular weight is 330 g/mol. The van der Waals surface area contributed by atoms with Gasteiger partial charge in [-0.05, 0) is 37.8 Å². The van der Waals surface area contributed by atoms with Gasteiger partial charge in [0.25, 0.3) is 11.8 Å². The highest BCUT2D eigenvalue weighted by atomic mass is 16.3. The van der Waals surface area contributed by atoms with Gasteiger partial charge in [0.1, 0.15) is 11.5 Å². The van der Waals surface area contributed by atoms with Gasteiger partial charge in [-0.2, -0.15) is 0 Å². The van der Waals surface area contributed by atoms with E-state index in [-0.39, 0.29) is 11.8 Å². The highest BCUT2D eigenvalue weighted by Gasteiger charge is 2.27. The maximum absolute atomic E-state index is 12.5. The van der Waals surface area contributed by atoms with E-state index >= 15 is 0 Å². The number of hydrogen-bond acceptors (Lipinski definition) is 4. The third-order valence-electron chi connectivity index (χ3n) is 4.07. The first-order valence-electron chi connectivity index (χ1n) is 8.39. The van der Waals surface area contributed by atoms with Crippen molar-refractivity contribution in [2.24, 2.45) is 0 Å². The zero-order valence-electron chi connectivity index (χ0n) is 13.8. The van der Waals surface area contributed by atoms with E-state index < -0.39 is 0 Å². The van der Waals surface area contributed by atoms with Crippen LogP contribution in [-0.4, -0.2) is 27.9 Å². The molecule has 24 heavy (non-hydrogen) atoms. The number of nitrogens with zero attached hydrogens (tertiary/aromatic N) is 2. The molecule has 0 radical (unpaired) electrons. The molecule has 2 amide bonds. The Labute approximate surface area is 140 Å². The van der Waals surface area contributed by atoms with Crippen molar-refractivity contribution >= 4 is 11.8 Å². The lowest BCUT2D eigenvalue weighted by molar-refractivity contribution is 0.0932. The second kappa shape index (κ2) is 7.33. The second-order valence-electron chi connectivity index (χ2n) is 5.86. The third kappa shape index (κ3) is 3.34. The summed E-state index contributed by atoms with van der Waals surface area (Å²) < 4.78 is 7.09. The topological polar surface area (TPSA) is 89.2 Å². The van der Waals surface area contributed by atoms with Gasteiger partial charge >= 0.3 is 0 Å². The SMILES string of the molecule is CCCNC(=O)c1nc(C(=O)NCc2ccco2)n2c1CCCC2. The Kier molecular flexibility index (Phi) is 4.98. The van der Waals surface area contributed by atoms with Gasteiger partial charge in [-0.3, -0.25) is 9.59 Å². The molecule has 0 fully saturated rings. The van der Waals surface area contributed by atoms with Gasteiger partial charge in [0.05, 0.1) is 18.5 Å². The maximum Gasteiger partial charge on any atom is 0.287 e. The molecule has 7 heteroatoms. The number of carbonyl (C=O) groups excluding carboxylic acids is 2. The lowest BCUT2D eigenvalue weighted by Gasteiger charge is -2.17.